The van der Waals surface area contributed by atoms with Gasteiger partial charge >= 0.3 is 0 Å². The van der Waals surface area contributed by atoms with Gasteiger partial charge in [-0.15, -0.1) is 0 Å². The van der Waals surface area contributed by atoms with Crippen molar-refractivity contribution in [1.82, 2.24) is 19.5 Å². The van der Waals surface area contributed by atoms with Crippen molar-refractivity contribution in [3.05, 3.63) is 122 Å². The Morgan fingerprint density at radius 3 is 2.44 bits per heavy atom. The number of nitrogens with zero attached hydrogens (tertiary/aromatic N) is 4. The molecule has 4 aromatic heterocycles. The number of hydrogen-bond donors (Lipinski definition) is 0. The Bertz CT molecular complexity index is 2090. The molecule has 0 bridgehead atoms. The van der Waals surface area contributed by atoms with Gasteiger partial charge < -0.3 is 13.4 Å². The fraction of sp³-hybridized carbons (Fsp3) is 0. The molecule has 0 radical (unpaired) electrons. The van der Waals surface area contributed by atoms with Gasteiger partial charge in [-0.05, 0) is 54.6 Å². The number of fused-ring (bicyclic) bond motifs is 4. The highest BCUT2D eigenvalue weighted by molar-refractivity contribution is 6.14. The SMILES string of the molecule is c1ccc(-c2cccc(-n3c4cc(-c5nc6ccccc6o5)ccc4c4cccc(-c5ncco5)c43)c2)nc1. The van der Waals surface area contributed by atoms with Gasteiger partial charge in [-0.25, -0.2) is 9.97 Å². The van der Waals surface area contributed by atoms with Gasteiger partial charge in [0, 0.05) is 33.8 Å². The lowest BCUT2D eigenvalue weighted by atomic mass is 10.1. The maximum Gasteiger partial charge on any atom is 0.228 e. The Morgan fingerprint density at radius 1 is 0.641 bits per heavy atom. The van der Waals surface area contributed by atoms with E-state index in [2.05, 4.69) is 63.1 Å². The molecular formula is C33H20N4O2. The van der Waals surface area contributed by atoms with Crippen LogP contribution in [0.1, 0.15) is 0 Å². The summed E-state index contributed by atoms with van der Waals surface area (Å²) < 4.78 is 14.2. The van der Waals surface area contributed by atoms with E-state index in [4.69, 9.17) is 13.8 Å². The minimum Gasteiger partial charge on any atom is -0.444 e. The van der Waals surface area contributed by atoms with Gasteiger partial charge in [-0.1, -0.05) is 48.5 Å². The Labute approximate surface area is 222 Å². The van der Waals surface area contributed by atoms with Crippen LogP contribution in [0.5, 0.6) is 0 Å². The zero-order valence-electron chi connectivity index (χ0n) is 20.7. The molecular weight excluding hydrogens is 484 g/mol. The number of oxazole rings is 2. The molecule has 0 spiro atoms. The first kappa shape index (κ1) is 21.6. The summed E-state index contributed by atoms with van der Waals surface area (Å²) in [5.41, 5.74) is 8.43. The Hall–Kier alpha value is -5.49. The number of benzene rings is 4. The molecule has 0 N–H and O–H groups in total. The average Bonchev–Trinajstić information content (AvgIpc) is 3.75. The van der Waals surface area contributed by atoms with E-state index in [1.165, 1.54) is 0 Å². The highest BCUT2D eigenvalue weighted by Crippen LogP contribution is 2.40. The minimum absolute atomic E-state index is 0.574. The molecule has 0 atom stereocenters. The molecule has 0 fully saturated rings. The molecule has 0 saturated carbocycles. The van der Waals surface area contributed by atoms with Crippen LogP contribution in [0, 0.1) is 0 Å². The molecule has 4 aromatic carbocycles. The third-order valence-electron chi connectivity index (χ3n) is 7.06. The van der Waals surface area contributed by atoms with E-state index in [1.54, 1.807) is 12.5 Å². The highest BCUT2D eigenvalue weighted by atomic mass is 16.3. The summed E-state index contributed by atoms with van der Waals surface area (Å²) in [5.74, 6) is 1.16. The number of aromatic nitrogens is 4. The molecule has 0 aliphatic rings. The molecule has 0 unspecified atom stereocenters. The zero-order valence-corrected chi connectivity index (χ0v) is 20.7. The van der Waals surface area contributed by atoms with Gasteiger partial charge in [0.05, 0.1) is 28.5 Å². The number of hydrogen-bond acceptors (Lipinski definition) is 5. The molecule has 8 rings (SSSR count). The van der Waals surface area contributed by atoms with E-state index in [-0.39, 0.29) is 0 Å². The summed E-state index contributed by atoms with van der Waals surface area (Å²) in [6, 6.07) is 34.8. The lowest BCUT2D eigenvalue weighted by molar-refractivity contribution is 0.575. The van der Waals surface area contributed by atoms with Gasteiger partial charge in [0.25, 0.3) is 0 Å². The van der Waals surface area contributed by atoms with Gasteiger partial charge in [0.2, 0.25) is 11.8 Å². The predicted octanol–water partition coefficient (Wildman–Crippen LogP) is 8.31. The molecule has 6 nitrogen and oxygen atoms in total. The Kier molecular flexibility index (Phi) is 4.72. The van der Waals surface area contributed by atoms with Crippen molar-refractivity contribution in [3.8, 4) is 39.9 Å². The quantitative estimate of drug-likeness (QED) is 0.241. The van der Waals surface area contributed by atoms with E-state index in [1.807, 2.05) is 60.8 Å². The highest BCUT2D eigenvalue weighted by Gasteiger charge is 2.20. The maximum atomic E-state index is 6.13. The third-order valence-corrected chi connectivity index (χ3v) is 7.06. The van der Waals surface area contributed by atoms with Crippen LogP contribution < -0.4 is 0 Å². The fourth-order valence-corrected chi connectivity index (χ4v) is 5.33. The summed E-state index contributed by atoms with van der Waals surface area (Å²) in [6.45, 7) is 0. The number of para-hydroxylation sites is 3. The predicted molar refractivity (Wildman–Crippen MR) is 153 cm³/mol. The van der Waals surface area contributed by atoms with Gasteiger partial charge in [-0.3, -0.25) is 4.98 Å². The van der Waals surface area contributed by atoms with Crippen LogP contribution >= 0.6 is 0 Å². The van der Waals surface area contributed by atoms with Crippen molar-refractivity contribution in [1.29, 1.82) is 0 Å². The van der Waals surface area contributed by atoms with Gasteiger partial charge in [-0.2, -0.15) is 0 Å². The van der Waals surface area contributed by atoms with Crippen LogP contribution in [0.15, 0.2) is 131 Å². The molecule has 0 saturated heterocycles. The van der Waals surface area contributed by atoms with E-state index in [0.29, 0.717) is 11.8 Å². The third kappa shape index (κ3) is 3.46. The van der Waals surface area contributed by atoms with Crippen molar-refractivity contribution in [2.75, 3.05) is 0 Å². The standard InChI is InChI=1S/C33H20N4O2/c1-2-13-30-28(12-1)36-32(39-30)22-14-15-24-25-9-6-10-26(33-35-17-18-38-33)31(25)37(29(24)20-22)23-8-5-7-21(19-23)27-11-3-4-16-34-27/h1-20H. The molecule has 6 heteroatoms. The van der Waals surface area contributed by atoms with E-state index in [9.17, 15) is 0 Å². The zero-order chi connectivity index (χ0) is 25.8. The second kappa shape index (κ2) is 8.53. The van der Waals surface area contributed by atoms with Crippen LogP contribution in [0.3, 0.4) is 0 Å². The van der Waals surface area contributed by atoms with E-state index < -0.39 is 0 Å². The van der Waals surface area contributed by atoms with Gasteiger partial charge in [0.15, 0.2) is 5.58 Å². The first-order chi connectivity index (χ1) is 19.3. The van der Waals surface area contributed by atoms with Crippen LogP contribution in [0.4, 0.5) is 0 Å². The lowest BCUT2D eigenvalue weighted by Crippen LogP contribution is -1.96. The smallest absolute Gasteiger partial charge is 0.228 e. The molecule has 39 heavy (non-hydrogen) atoms. The fourth-order valence-electron chi connectivity index (χ4n) is 5.33. The molecule has 0 aliphatic carbocycles. The molecule has 0 aliphatic heterocycles. The monoisotopic (exact) mass is 504 g/mol. The van der Waals surface area contributed by atoms with E-state index in [0.717, 1.165) is 61.0 Å². The van der Waals surface area contributed by atoms with Crippen LogP contribution in [-0.4, -0.2) is 19.5 Å². The average molecular weight is 505 g/mol. The molecule has 184 valence electrons. The summed E-state index contributed by atoms with van der Waals surface area (Å²) in [4.78, 5) is 13.8. The van der Waals surface area contributed by atoms with Gasteiger partial charge in [0.1, 0.15) is 11.8 Å². The minimum atomic E-state index is 0.574. The van der Waals surface area contributed by atoms with Crippen LogP contribution in [0.2, 0.25) is 0 Å². The van der Waals surface area contributed by atoms with Crippen molar-refractivity contribution in [2.24, 2.45) is 0 Å². The first-order valence-electron chi connectivity index (χ1n) is 12.7. The van der Waals surface area contributed by atoms with E-state index >= 15 is 0 Å². The number of rotatable bonds is 4. The van der Waals surface area contributed by atoms with Crippen LogP contribution in [0.25, 0.3) is 72.8 Å². The topological polar surface area (TPSA) is 69.9 Å². The maximum absolute atomic E-state index is 6.13. The summed E-state index contributed by atoms with van der Waals surface area (Å²) in [7, 11) is 0. The van der Waals surface area contributed by atoms with Crippen molar-refractivity contribution in [3.63, 3.8) is 0 Å². The summed E-state index contributed by atoms with van der Waals surface area (Å²) >= 11 is 0. The lowest BCUT2D eigenvalue weighted by Gasteiger charge is -2.12. The summed E-state index contributed by atoms with van der Waals surface area (Å²) in [6.07, 6.45) is 5.10. The second-order valence-corrected chi connectivity index (χ2v) is 9.36. The largest absolute Gasteiger partial charge is 0.444 e. The summed E-state index contributed by atoms with van der Waals surface area (Å²) in [5, 5.41) is 2.22. The number of pyridine rings is 1. The van der Waals surface area contributed by atoms with Crippen molar-refractivity contribution >= 4 is 32.9 Å². The normalized spacial score (nSPS) is 11.6. The Balaban J connectivity index is 1.44. The second-order valence-electron chi connectivity index (χ2n) is 9.36. The molecule has 4 heterocycles. The first-order valence-corrected chi connectivity index (χ1v) is 12.7. The van der Waals surface area contributed by atoms with Crippen molar-refractivity contribution < 1.29 is 8.83 Å². The molecule has 8 aromatic rings. The van der Waals surface area contributed by atoms with Crippen LogP contribution in [-0.2, 0) is 0 Å². The molecule has 0 amide bonds. The Morgan fingerprint density at radius 2 is 1.56 bits per heavy atom. The van der Waals surface area contributed by atoms with Crippen molar-refractivity contribution in [2.45, 2.75) is 0 Å².